The molecule has 0 aliphatic carbocycles. The quantitative estimate of drug-likeness (QED) is 0.893. The van der Waals surface area contributed by atoms with E-state index in [4.69, 9.17) is 4.74 Å². The van der Waals surface area contributed by atoms with Crippen LogP contribution in [0.25, 0.3) is 0 Å². The molecule has 3 rings (SSSR count). The molecule has 3 heterocycles. The van der Waals surface area contributed by atoms with Crippen LogP contribution in [-0.4, -0.2) is 28.2 Å². The summed E-state index contributed by atoms with van der Waals surface area (Å²) in [5.74, 6) is 1.20. The van der Waals surface area contributed by atoms with Crippen molar-refractivity contribution < 1.29 is 9.53 Å². The molecule has 0 aromatic carbocycles. The van der Waals surface area contributed by atoms with Crippen LogP contribution in [0.3, 0.4) is 0 Å². The van der Waals surface area contributed by atoms with Gasteiger partial charge in [-0.1, -0.05) is 20.8 Å². The predicted molar refractivity (Wildman–Crippen MR) is 83.2 cm³/mol. The highest BCUT2D eigenvalue weighted by atomic mass is 16.5. The fourth-order valence-corrected chi connectivity index (χ4v) is 2.85. The molecule has 0 spiro atoms. The number of pyridine rings is 1. The van der Waals surface area contributed by atoms with Crippen LogP contribution in [0, 0.1) is 0 Å². The Hall–Kier alpha value is -2.37. The van der Waals surface area contributed by atoms with E-state index in [-0.39, 0.29) is 17.2 Å². The van der Waals surface area contributed by atoms with E-state index in [1.54, 1.807) is 19.5 Å². The molecular weight excluding hydrogens is 280 g/mol. The minimum atomic E-state index is -0.0901. The Bertz CT molecular complexity index is 715. The topological polar surface area (TPSA) is 79.9 Å². The van der Waals surface area contributed by atoms with Gasteiger partial charge in [0.1, 0.15) is 5.75 Å². The molecule has 0 fully saturated rings. The Balaban J connectivity index is 2.14. The molecule has 22 heavy (non-hydrogen) atoms. The number of hydrogen-bond acceptors (Lipinski definition) is 4. The van der Waals surface area contributed by atoms with Gasteiger partial charge in [0, 0.05) is 35.2 Å². The third-order valence-corrected chi connectivity index (χ3v) is 3.92. The largest absolute Gasteiger partial charge is 0.495 e. The van der Waals surface area contributed by atoms with E-state index in [0.717, 1.165) is 16.8 Å². The van der Waals surface area contributed by atoms with Crippen molar-refractivity contribution in [2.45, 2.75) is 38.5 Å². The lowest BCUT2D eigenvalue weighted by Crippen LogP contribution is -2.25. The van der Waals surface area contributed by atoms with E-state index in [2.05, 4.69) is 41.3 Å². The summed E-state index contributed by atoms with van der Waals surface area (Å²) in [4.78, 5) is 16.2. The van der Waals surface area contributed by atoms with E-state index in [0.29, 0.717) is 18.0 Å². The minimum Gasteiger partial charge on any atom is -0.495 e. The zero-order valence-corrected chi connectivity index (χ0v) is 13.2. The van der Waals surface area contributed by atoms with Crippen LogP contribution in [0.1, 0.15) is 49.9 Å². The number of nitrogens with zero attached hydrogens (tertiary/aromatic N) is 2. The van der Waals surface area contributed by atoms with Crippen molar-refractivity contribution in [1.29, 1.82) is 0 Å². The van der Waals surface area contributed by atoms with Gasteiger partial charge in [-0.25, -0.2) is 0 Å². The standard InChI is InChI=1S/C16H20N4O2/c1-16(2,3)14-13-11(6-12(21)18-15(13)20-19-14)9-5-10(22-4)8-17-7-9/h5,7-8,11H,6H2,1-4H3,(H2,18,19,20,21). The Kier molecular flexibility index (Phi) is 3.39. The van der Waals surface area contributed by atoms with Crippen molar-refractivity contribution in [3.63, 3.8) is 0 Å². The summed E-state index contributed by atoms with van der Waals surface area (Å²) in [6.07, 6.45) is 3.83. The van der Waals surface area contributed by atoms with Gasteiger partial charge in [-0.15, -0.1) is 0 Å². The van der Waals surface area contributed by atoms with E-state index >= 15 is 0 Å². The average Bonchev–Trinajstić information content (AvgIpc) is 2.90. The summed E-state index contributed by atoms with van der Waals surface area (Å²) in [5.41, 5.74) is 2.95. The zero-order chi connectivity index (χ0) is 15.9. The Morgan fingerprint density at radius 3 is 2.77 bits per heavy atom. The monoisotopic (exact) mass is 300 g/mol. The second kappa shape index (κ2) is 5.12. The number of amides is 1. The maximum Gasteiger partial charge on any atom is 0.226 e. The van der Waals surface area contributed by atoms with Gasteiger partial charge in [-0.2, -0.15) is 5.10 Å². The summed E-state index contributed by atoms with van der Waals surface area (Å²) >= 11 is 0. The SMILES string of the molecule is COc1cncc(C2CC(=O)Nc3n[nH]c(C(C)(C)C)c32)c1. The first-order chi connectivity index (χ1) is 10.4. The zero-order valence-electron chi connectivity index (χ0n) is 13.2. The van der Waals surface area contributed by atoms with Gasteiger partial charge in [0.25, 0.3) is 0 Å². The molecule has 1 unspecified atom stereocenters. The lowest BCUT2D eigenvalue weighted by Gasteiger charge is -2.27. The number of carbonyl (C=O) groups excluding carboxylic acids is 1. The molecule has 0 saturated heterocycles. The molecule has 1 aliphatic heterocycles. The molecule has 1 atom stereocenters. The van der Waals surface area contributed by atoms with Crippen LogP contribution in [0.15, 0.2) is 18.5 Å². The maximum atomic E-state index is 12.0. The lowest BCUT2D eigenvalue weighted by molar-refractivity contribution is -0.116. The molecular formula is C16H20N4O2. The fourth-order valence-electron chi connectivity index (χ4n) is 2.85. The number of ether oxygens (including phenoxy) is 1. The number of hydrogen-bond donors (Lipinski definition) is 2. The first-order valence-electron chi connectivity index (χ1n) is 7.27. The van der Waals surface area contributed by atoms with Gasteiger partial charge in [-0.05, 0) is 11.6 Å². The Morgan fingerprint density at radius 1 is 1.32 bits per heavy atom. The highest BCUT2D eigenvalue weighted by Crippen LogP contribution is 2.41. The number of nitrogens with one attached hydrogen (secondary N) is 2. The van der Waals surface area contributed by atoms with Crippen LogP contribution >= 0.6 is 0 Å². The highest BCUT2D eigenvalue weighted by molar-refractivity contribution is 5.94. The predicted octanol–water partition coefficient (Wildman–Crippen LogP) is 2.58. The summed E-state index contributed by atoms with van der Waals surface area (Å²) in [6.45, 7) is 6.37. The molecule has 1 amide bonds. The number of H-pyrrole nitrogens is 1. The molecule has 6 nitrogen and oxygen atoms in total. The van der Waals surface area contributed by atoms with Crippen molar-refractivity contribution >= 4 is 11.7 Å². The summed E-state index contributed by atoms with van der Waals surface area (Å²) in [5, 5.41) is 10.2. The van der Waals surface area contributed by atoms with E-state index in [1.807, 2.05) is 6.07 Å². The van der Waals surface area contributed by atoms with Crippen molar-refractivity contribution in [2.75, 3.05) is 12.4 Å². The van der Waals surface area contributed by atoms with Crippen LogP contribution in [0.5, 0.6) is 5.75 Å². The van der Waals surface area contributed by atoms with Crippen molar-refractivity contribution in [2.24, 2.45) is 0 Å². The van der Waals surface area contributed by atoms with Crippen molar-refractivity contribution in [3.8, 4) is 5.75 Å². The number of aromatic amines is 1. The van der Waals surface area contributed by atoms with Crippen molar-refractivity contribution in [3.05, 3.63) is 35.3 Å². The number of fused-ring (bicyclic) bond motifs is 1. The van der Waals surface area contributed by atoms with Gasteiger partial charge < -0.3 is 10.1 Å². The average molecular weight is 300 g/mol. The molecule has 6 heteroatoms. The van der Waals surface area contributed by atoms with E-state index in [9.17, 15) is 4.79 Å². The molecule has 0 saturated carbocycles. The van der Waals surface area contributed by atoms with Gasteiger partial charge >= 0.3 is 0 Å². The molecule has 2 aromatic heterocycles. The molecule has 116 valence electrons. The molecule has 1 aliphatic rings. The number of carbonyl (C=O) groups is 1. The number of aromatic nitrogens is 3. The van der Waals surface area contributed by atoms with Gasteiger partial charge in [0.05, 0.1) is 13.3 Å². The Morgan fingerprint density at radius 2 is 2.09 bits per heavy atom. The van der Waals surface area contributed by atoms with Crippen LogP contribution in [-0.2, 0) is 10.2 Å². The van der Waals surface area contributed by atoms with Crippen LogP contribution in [0.2, 0.25) is 0 Å². The lowest BCUT2D eigenvalue weighted by atomic mass is 9.80. The normalized spacial score (nSPS) is 17.8. The highest BCUT2D eigenvalue weighted by Gasteiger charge is 2.35. The second-order valence-corrected chi connectivity index (χ2v) is 6.57. The molecule has 0 bridgehead atoms. The van der Waals surface area contributed by atoms with E-state index < -0.39 is 0 Å². The summed E-state index contributed by atoms with van der Waals surface area (Å²) < 4.78 is 5.25. The smallest absolute Gasteiger partial charge is 0.226 e. The molecule has 2 aromatic rings. The van der Waals surface area contributed by atoms with Gasteiger partial charge in [0.15, 0.2) is 5.82 Å². The number of anilines is 1. The maximum absolute atomic E-state index is 12.0. The second-order valence-electron chi connectivity index (χ2n) is 6.57. The van der Waals surface area contributed by atoms with E-state index in [1.165, 1.54) is 0 Å². The first kappa shape index (κ1) is 14.6. The third-order valence-electron chi connectivity index (χ3n) is 3.92. The summed E-state index contributed by atoms with van der Waals surface area (Å²) in [7, 11) is 1.61. The first-order valence-corrected chi connectivity index (χ1v) is 7.27. The van der Waals surface area contributed by atoms with Gasteiger partial charge in [-0.3, -0.25) is 14.9 Å². The fraction of sp³-hybridized carbons (Fsp3) is 0.438. The Labute approximate surface area is 129 Å². The van der Waals surface area contributed by atoms with Crippen molar-refractivity contribution in [1.82, 2.24) is 15.2 Å². The summed E-state index contributed by atoms with van der Waals surface area (Å²) in [6, 6.07) is 1.93. The van der Waals surface area contributed by atoms with Gasteiger partial charge in [0.2, 0.25) is 5.91 Å². The molecule has 0 radical (unpaired) electrons. The minimum absolute atomic E-state index is 0.0349. The van der Waals surface area contributed by atoms with Crippen LogP contribution < -0.4 is 10.1 Å². The van der Waals surface area contributed by atoms with Crippen LogP contribution in [0.4, 0.5) is 5.82 Å². The number of methoxy groups -OCH3 is 1. The number of rotatable bonds is 2. The molecule has 2 N–H and O–H groups in total. The third kappa shape index (κ3) is 2.45.